The van der Waals surface area contributed by atoms with Gasteiger partial charge < -0.3 is 24.9 Å². The number of hydrogen-bond donors (Lipinski definition) is 1. The van der Waals surface area contributed by atoms with Crippen molar-refractivity contribution in [2.75, 3.05) is 6.61 Å². The Balaban J connectivity index is 1.52. The molecule has 0 aromatic heterocycles. The van der Waals surface area contributed by atoms with Gasteiger partial charge in [-0.2, -0.15) is 4.79 Å². The summed E-state index contributed by atoms with van der Waals surface area (Å²) in [6.45, 7) is 9.37. The number of carbonyl (C=O) groups excluding carboxylic acids is 4. The van der Waals surface area contributed by atoms with Crippen LogP contribution in [-0.2, 0) is 23.9 Å². The van der Waals surface area contributed by atoms with Gasteiger partial charge in [0, 0.05) is 5.56 Å². The van der Waals surface area contributed by atoms with Crippen LogP contribution in [0, 0.1) is 0 Å². The summed E-state index contributed by atoms with van der Waals surface area (Å²) in [4.78, 5) is 55.6. The van der Waals surface area contributed by atoms with Crippen LogP contribution in [0.15, 0.2) is 91.0 Å². The van der Waals surface area contributed by atoms with Crippen molar-refractivity contribution in [2.45, 2.75) is 57.3 Å². The number of amides is 2. The highest BCUT2D eigenvalue weighted by atomic mass is 28.3. The minimum absolute atomic E-state index is 0.270. The quantitative estimate of drug-likeness (QED) is 0.0641. The van der Waals surface area contributed by atoms with Crippen LogP contribution in [0.5, 0.6) is 0 Å². The molecule has 3 aromatic carbocycles. The number of nitrogens with one attached hydrogen (secondary N) is 1. The van der Waals surface area contributed by atoms with Crippen LogP contribution in [0.1, 0.15) is 48.4 Å². The van der Waals surface area contributed by atoms with Crippen LogP contribution in [0.2, 0.25) is 18.1 Å². The Kier molecular flexibility index (Phi) is 9.74. The summed E-state index contributed by atoms with van der Waals surface area (Å²) in [6, 6.07) is 25.3. The van der Waals surface area contributed by atoms with Crippen LogP contribution >= 0.6 is 0 Å². The zero-order valence-corrected chi connectivity index (χ0v) is 26.4. The molecule has 0 radical (unpaired) electrons. The molecule has 228 valence electrons. The van der Waals surface area contributed by atoms with Gasteiger partial charge in [-0.1, -0.05) is 113 Å². The lowest BCUT2D eigenvalue weighted by Crippen LogP contribution is -2.79. The minimum Gasteiger partial charge on any atom is -0.444 e. The first kappa shape index (κ1) is 32.2. The number of hydrogen-bond acceptors (Lipinski definition) is 6. The van der Waals surface area contributed by atoms with Crippen molar-refractivity contribution in [3.63, 3.8) is 0 Å². The van der Waals surface area contributed by atoms with E-state index in [1.165, 1.54) is 0 Å². The molecule has 0 bridgehead atoms. The normalized spacial score (nSPS) is 16.5. The molecule has 1 aliphatic heterocycles. The van der Waals surface area contributed by atoms with Crippen molar-refractivity contribution in [3.05, 3.63) is 113 Å². The highest BCUT2D eigenvalue weighted by molar-refractivity contribution is 6.80. The highest BCUT2D eigenvalue weighted by Crippen LogP contribution is 2.43. The molecule has 1 fully saturated rings. The van der Waals surface area contributed by atoms with Crippen LogP contribution in [0.25, 0.3) is 5.53 Å². The first-order valence-electron chi connectivity index (χ1n) is 14.2. The van der Waals surface area contributed by atoms with Crippen LogP contribution < -0.4 is 5.32 Å². The summed E-state index contributed by atoms with van der Waals surface area (Å²) in [5, 5.41) is 2.45. The predicted octanol–water partition coefficient (Wildman–Crippen LogP) is 4.55. The third kappa shape index (κ3) is 6.75. The van der Waals surface area contributed by atoms with Gasteiger partial charge in [-0.3, -0.25) is 14.4 Å². The molecule has 1 N–H and O–H groups in total. The van der Waals surface area contributed by atoms with Crippen molar-refractivity contribution in [1.29, 1.82) is 0 Å². The fourth-order valence-electron chi connectivity index (χ4n) is 4.72. The molecule has 4 rings (SSSR count). The second-order valence-electron chi connectivity index (χ2n) is 12.0. The lowest BCUT2D eigenvalue weighted by atomic mass is 10.0. The number of benzene rings is 3. The van der Waals surface area contributed by atoms with Gasteiger partial charge in [0.05, 0.1) is 0 Å². The van der Waals surface area contributed by atoms with E-state index >= 15 is 0 Å². The van der Waals surface area contributed by atoms with E-state index in [-0.39, 0.29) is 10.9 Å². The average molecular weight is 613 g/mol. The molecule has 1 saturated heterocycles. The largest absolute Gasteiger partial charge is 0.444 e. The number of ether oxygens (including phenoxy) is 2. The molecule has 0 aliphatic carbocycles. The zero-order valence-electron chi connectivity index (χ0n) is 25.4. The molecule has 0 saturated carbocycles. The van der Waals surface area contributed by atoms with Gasteiger partial charge in [0.2, 0.25) is 5.91 Å². The predicted molar refractivity (Wildman–Crippen MR) is 166 cm³/mol. The number of rotatable bonds is 11. The molecule has 44 heavy (non-hydrogen) atoms. The van der Waals surface area contributed by atoms with E-state index in [1.54, 1.807) is 83.4 Å². The number of esters is 1. The SMILES string of the molecule is CC(C)(C)[Si](C)(C)N1C(=O)[C@H](NC(=O)c2ccccc2)[C@H]1OCC(=O)C(=[N+]=[N-])C(=O)OC(c1ccccc1)c1ccccc1. The second-order valence-corrected chi connectivity index (χ2v) is 17.1. The van der Waals surface area contributed by atoms with Crippen molar-refractivity contribution in [2.24, 2.45) is 0 Å². The number of Topliss-reactive ketones (excluding diaryl/α,β-unsaturated/α-hetero) is 1. The maximum atomic E-state index is 13.4. The van der Waals surface area contributed by atoms with Gasteiger partial charge in [0.15, 0.2) is 26.6 Å². The highest BCUT2D eigenvalue weighted by Gasteiger charge is 2.59. The monoisotopic (exact) mass is 612 g/mol. The van der Waals surface area contributed by atoms with Crippen molar-refractivity contribution in [3.8, 4) is 0 Å². The summed E-state index contributed by atoms with van der Waals surface area (Å²) < 4.78 is 13.2. The molecular weight excluding hydrogens is 576 g/mol. The van der Waals surface area contributed by atoms with Crippen molar-refractivity contribution >= 4 is 37.5 Å². The first-order chi connectivity index (χ1) is 20.9. The molecule has 0 unspecified atom stereocenters. The molecule has 11 heteroatoms. The van der Waals surface area contributed by atoms with E-state index in [0.717, 1.165) is 0 Å². The Bertz CT molecular complexity index is 1530. The molecule has 0 spiro atoms. The van der Waals surface area contributed by atoms with Gasteiger partial charge in [-0.05, 0) is 28.3 Å². The maximum absolute atomic E-state index is 13.4. The Morgan fingerprint density at radius 1 is 0.909 bits per heavy atom. The van der Waals surface area contributed by atoms with Crippen LogP contribution in [0.3, 0.4) is 0 Å². The van der Waals surface area contributed by atoms with Crippen LogP contribution in [-0.4, -0.2) is 65.7 Å². The summed E-state index contributed by atoms with van der Waals surface area (Å²) in [5.74, 6) is -2.87. The number of carbonyl (C=O) groups is 4. The minimum atomic E-state index is -2.52. The molecular formula is C33H36N4O6Si. The topological polar surface area (TPSA) is 138 Å². The van der Waals surface area contributed by atoms with Gasteiger partial charge >= 0.3 is 11.7 Å². The van der Waals surface area contributed by atoms with E-state index in [0.29, 0.717) is 16.7 Å². The molecule has 1 heterocycles. The Hall–Kier alpha value is -4.70. The average Bonchev–Trinajstić information content (AvgIpc) is 3.01. The van der Waals surface area contributed by atoms with E-state index in [1.807, 2.05) is 46.0 Å². The zero-order chi connectivity index (χ0) is 32.1. The summed E-state index contributed by atoms with van der Waals surface area (Å²) in [7, 11) is -2.52. The second kappa shape index (κ2) is 13.3. The lowest BCUT2D eigenvalue weighted by Gasteiger charge is -2.57. The summed E-state index contributed by atoms with van der Waals surface area (Å²) in [6.07, 6.45) is -1.84. The first-order valence-corrected chi connectivity index (χ1v) is 17.2. The molecule has 1 aliphatic rings. The Morgan fingerprint density at radius 3 is 1.89 bits per heavy atom. The molecule has 10 nitrogen and oxygen atoms in total. The number of ketones is 1. The fraction of sp³-hybridized carbons (Fsp3) is 0.303. The van der Waals surface area contributed by atoms with Crippen LogP contribution in [0.4, 0.5) is 0 Å². The smallest absolute Gasteiger partial charge is 0.444 e. The van der Waals surface area contributed by atoms with E-state index in [9.17, 15) is 24.7 Å². The van der Waals surface area contributed by atoms with E-state index < -0.39 is 56.6 Å². The van der Waals surface area contributed by atoms with Gasteiger partial charge in [-0.25, -0.2) is 4.79 Å². The summed E-state index contributed by atoms with van der Waals surface area (Å²) in [5.41, 5.74) is 10.5. The lowest BCUT2D eigenvalue weighted by molar-refractivity contribution is -0.171. The van der Waals surface area contributed by atoms with Crippen molar-refractivity contribution in [1.82, 2.24) is 9.88 Å². The number of nitrogens with zero attached hydrogens (tertiary/aromatic N) is 3. The van der Waals surface area contributed by atoms with Gasteiger partial charge in [0.25, 0.3) is 11.7 Å². The third-order valence-corrected chi connectivity index (χ3v) is 13.5. The van der Waals surface area contributed by atoms with Gasteiger partial charge in [0.1, 0.15) is 6.61 Å². The third-order valence-electron chi connectivity index (χ3n) is 8.18. The van der Waals surface area contributed by atoms with E-state index in [2.05, 4.69) is 10.1 Å². The number of β-lactam (4-membered cyclic amide) rings is 1. The fourth-order valence-corrected chi connectivity index (χ4v) is 7.00. The maximum Gasteiger partial charge on any atom is 0.444 e. The van der Waals surface area contributed by atoms with Gasteiger partial charge in [-0.15, -0.1) is 0 Å². The summed E-state index contributed by atoms with van der Waals surface area (Å²) >= 11 is 0. The van der Waals surface area contributed by atoms with Crippen molar-refractivity contribution < 1.29 is 33.4 Å². The molecule has 3 aromatic rings. The molecule has 2 amide bonds. The molecule has 2 atom stereocenters. The standard InChI is InChI=1S/C33H36N4O6Si/c1-33(2,3)44(4,5)37-30(40)27(35-29(39)24-19-13-8-14-20-24)31(37)42-21-25(38)26(36-34)32(41)43-28(22-15-9-6-10-16-22)23-17-11-7-12-18-23/h6-20,27-28,31H,21H2,1-5H3,(H,35,39)/t27-,31+/m0/s1. The Labute approximate surface area is 257 Å². The van der Waals surface area contributed by atoms with E-state index in [4.69, 9.17) is 9.47 Å². The Morgan fingerprint density at radius 2 is 1.41 bits per heavy atom.